The van der Waals surface area contributed by atoms with Gasteiger partial charge in [0.05, 0.1) is 30.8 Å². The van der Waals surface area contributed by atoms with Crippen LogP contribution in [0.3, 0.4) is 0 Å². The van der Waals surface area contributed by atoms with Crippen LogP contribution in [0.15, 0.2) is 82.6 Å². The van der Waals surface area contributed by atoms with Crippen molar-refractivity contribution in [1.29, 1.82) is 0 Å². The van der Waals surface area contributed by atoms with E-state index in [1.807, 2.05) is 71.7 Å². The lowest BCUT2D eigenvalue weighted by molar-refractivity contribution is -0.120. The maximum absolute atomic E-state index is 13.0. The highest BCUT2D eigenvalue weighted by Crippen LogP contribution is 2.35. The van der Waals surface area contributed by atoms with Gasteiger partial charge in [-0.1, -0.05) is 54.6 Å². The molecule has 0 aromatic heterocycles. The molecule has 0 saturated heterocycles. The molecule has 31 heavy (non-hydrogen) atoms. The van der Waals surface area contributed by atoms with Crippen molar-refractivity contribution in [3.63, 3.8) is 0 Å². The maximum atomic E-state index is 13.0. The monoisotopic (exact) mass is 411 g/mol. The van der Waals surface area contributed by atoms with Gasteiger partial charge in [0.25, 0.3) is 5.91 Å². The highest BCUT2D eigenvalue weighted by atomic mass is 16.5. The molecular formula is C25H21N3O3. The van der Waals surface area contributed by atoms with Crippen LogP contribution in [0.5, 0.6) is 5.75 Å². The number of methoxy groups -OCH3 is 1. The Labute approximate surface area is 180 Å². The predicted octanol–water partition coefficient (Wildman–Crippen LogP) is 4.27. The third kappa shape index (κ3) is 3.50. The summed E-state index contributed by atoms with van der Waals surface area (Å²) < 4.78 is 5.31. The zero-order valence-electron chi connectivity index (χ0n) is 17.1. The standard InChI is InChI=1S/C25H21N3O3/c1-31-19-11-10-17-12-13-28(22(17)15-19)23(29)14-16-6-8-18(9-7-16)24-20-4-2-3-5-21(20)25(30)27-26-24/h2-11,15,21H,12-14H2,1H3. The van der Waals surface area contributed by atoms with Crippen molar-refractivity contribution in [3.8, 4) is 5.75 Å². The number of hydrogen-bond acceptors (Lipinski definition) is 4. The molecule has 154 valence electrons. The molecule has 2 aliphatic heterocycles. The van der Waals surface area contributed by atoms with Crippen LogP contribution in [-0.2, 0) is 22.4 Å². The van der Waals surface area contributed by atoms with E-state index >= 15 is 0 Å². The zero-order valence-corrected chi connectivity index (χ0v) is 17.1. The van der Waals surface area contributed by atoms with Crippen LogP contribution < -0.4 is 9.64 Å². The van der Waals surface area contributed by atoms with Gasteiger partial charge in [0.2, 0.25) is 5.91 Å². The summed E-state index contributed by atoms with van der Waals surface area (Å²) in [5.41, 5.74) is 5.46. The van der Waals surface area contributed by atoms with Gasteiger partial charge in [0.15, 0.2) is 0 Å². The molecular weight excluding hydrogens is 390 g/mol. The van der Waals surface area contributed by atoms with E-state index in [-0.39, 0.29) is 17.7 Å². The van der Waals surface area contributed by atoms with Gasteiger partial charge in [-0.25, -0.2) is 0 Å². The molecule has 6 nitrogen and oxygen atoms in total. The van der Waals surface area contributed by atoms with E-state index in [0.717, 1.165) is 34.6 Å². The number of rotatable bonds is 4. The topological polar surface area (TPSA) is 71.3 Å². The number of allylic oxidation sites excluding steroid dienone is 3. The Morgan fingerprint density at radius 1 is 1.13 bits per heavy atom. The lowest BCUT2D eigenvalue weighted by Crippen LogP contribution is -2.30. The summed E-state index contributed by atoms with van der Waals surface area (Å²) in [6.45, 7) is 0.686. The number of azo groups is 1. The summed E-state index contributed by atoms with van der Waals surface area (Å²) in [7, 11) is 1.63. The van der Waals surface area contributed by atoms with Crippen molar-refractivity contribution in [1.82, 2.24) is 0 Å². The first-order valence-corrected chi connectivity index (χ1v) is 10.3. The van der Waals surface area contributed by atoms with E-state index in [1.165, 1.54) is 5.56 Å². The highest BCUT2D eigenvalue weighted by Gasteiger charge is 2.28. The quantitative estimate of drug-likeness (QED) is 0.754. The van der Waals surface area contributed by atoms with E-state index < -0.39 is 0 Å². The Morgan fingerprint density at radius 2 is 1.97 bits per heavy atom. The molecule has 1 atom stereocenters. The molecule has 5 rings (SSSR count). The molecule has 2 heterocycles. The van der Waals surface area contributed by atoms with Gasteiger partial charge in [-0.15, -0.1) is 10.2 Å². The minimum absolute atomic E-state index is 0.0603. The molecule has 0 spiro atoms. The maximum Gasteiger partial charge on any atom is 0.276 e. The van der Waals surface area contributed by atoms with E-state index in [1.54, 1.807) is 7.11 Å². The Kier molecular flexibility index (Phi) is 4.82. The Morgan fingerprint density at radius 3 is 2.77 bits per heavy atom. The number of fused-ring (bicyclic) bond motifs is 2. The largest absolute Gasteiger partial charge is 0.497 e. The Hall–Kier alpha value is -3.80. The molecule has 2 amide bonds. The van der Waals surface area contributed by atoms with E-state index in [0.29, 0.717) is 18.7 Å². The first-order valence-electron chi connectivity index (χ1n) is 10.3. The normalized spacial score (nSPS) is 18.9. The molecule has 0 radical (unpaired) electrons. The van der Waals surface area contributed by atoms with E-state index in [2.05, 4.69) is 10.2 Å². The summed E-state index contributed by atoms with van der Waals surface area (Å²) >= 11 is 0. The third-order valence-electron chi connectivity index (χ3n) is 5.89. The van der Waals surface area contributed by atoms with Crippen LogP contribution in [0.1, 0.15) is 16.7 Å². The van der Waals surface area contributed by atoms with Gasteiger partial charge < -0.3 is 9.64 Å². The number of ether oxygens (including phenoxy) is 1. The van der Waals surface area contributed by atoms with Crippen LogP contribution in [0.25, 0.3) is 5.70 Å². The molecule has 0 bridgehead atoms. The van der Waals surface area contributed by atoms with E-state index in [4.69, 9.17) is 4.74 Å². The first-order chi connectivity index (χ1) is 15.1. The minimum Gasteiger partial charge on any atom is -0.497 e. The summed E-state index contributed by atoms with van der Waals surface area (Å²) in [5, 5.41) is 7.95. The van der Waals surface area contributed by atoms with Gasteiger partial charge in [-0.3, -0.25) is 9.59 Å². The van der Waals surface area contributed by atoms with Crippen LogP contribution >= 0.6 is 0 Å². The number of anilines is 1. The summed E-state index contributed by atoms with van der Waals surface area (Å²) in [5.74, 6) is 0.197. The number of carbonyl (C=O) groups is 2. The van der Waals surface area contributed by atoms with Crippen molar-refractivity contribution >= 4 is 23.2 Å². The average Bonchev–Trinajstić information content (AvgIpc) is 3.23. The molecule has 1 aliphatic carbocycles. The molecule has 2 aromatic rings. The van der Waals surface area contributed by atoms with Crippen LogP contribution in [0.4, 0.5) is 5.69 Å². The average molecular weight is 411 g/mol. The fourth-order valence-electron chi connectivity index (χ4n) is 4.22. The second-order valence-corrected chi connectivity index (χ2v) is 7.73. The predicted molar refractivity (Wildman–Crippen MR) is 118 cm³/mol. The van der Waals surface area contributed by atoms with Crippen LogP contribution in [0.2, 0.25) is 0 Å². The van der Waals surface area contributed by atoms with Crippen molar-refractivity contribution in [2.45, 2.75) is 12.8 Å². The molecule has 0 N–H and O–H groups in total. The van der Waals surface area contributed by atoms with Gasteiger partial charge in [0.1, 0.15) is 5.75 Å². The molecule has 0 saturated carbocycles. The van der Waals surface area contributed by atoms with Crippen molar-refractivity contribution in [3.05, 3.63) is 89.0 Å². The number of benzene rings is 2. The summed E-state index contributed by atoms with van der Waals surface area (Å²) in [4.78, 5) is 26.8. The Bertz CT molecular complexity index is 1190. The molecule has 0 fully saturated rings. The van der Waals surface area contributed by atoms with Crippen LogP contribution in [-0.4, -0.2) is 25.5 Å². The Balaban J connectivity index is 1.35. The van der Waals surface area contributed by atoms with Crippen LogP contribution in [0, 0.1) is 5.92 Å². The molecule has 1 unspecified atom stereocenters. The number of carbonyl (C=O) groups excluding carboxylic acids is 2. The van der Waals surface area contributed by atoms with Gasteiger partial charge in [-0.2, -0.15) is 0 Å². The second-order valence-electron chi connectivity index (χ2n) is 7.73. The molecule has 2 aromatic carbocycles. The van der Waals surface area contributed by atoms with Gasteiger partial charge >= 0.3 is 0 Å². The SMILES string of the molecule is COc1ccc2c(c1)N(C(=O)Cc1ccc(C3=C4C=CC=CC4C(=O)N=N3)cc1)CC2. The smallest absolute Gasteiger partial charge is 0.276 e. The van der Waals surface area contributed by atoms with Crippen molar-refractivity contribution < 1.29 is 14.3 Å². The fraction of sp³-hybridized carbons (Fsp3) is 0.200. The number of nitrogens with zero attached hydrogens (tertiary/aromatic N) is 3. The van der Waals surface area contributed by atoms with E-state index in [9.17, 15) is 9.59 Å². The lowest BCUT2D eigenvalue weighted by Gasteiger charge is -2.20. The van der Waals surface area contributed by atoms with Gasteiger partial charge in [-0.05, 0) is 29.2 Å². The third-order valence-corrected chi connectivity index (χ3v) is 5.89. The zero-order chi connectivity index (χ0) is 21.4. The first kappa shape index (κ1) is 19.2. The fourth-order valence-corrected chi connectivity index (χ4v) is 4.22. The second kappa shape index (κ2) is 7.80. The van der Waals surface area contributed by atoms with Crippen molar-refractivity contribution in [2.24, 2.45) is 16.1 Å². The number of hydrogen-bond donors (Lipinski definition) is 0. The lowest BCUT2D eigenvalue weighted by atomic mass is 9.89. The highest BCUT2D eigenvalue weighted by molar-refractivity contribution is 5.97. The summed E-state index contributed by atoms with van der Waals surface area (Å²) in [6, 6.07) is 13.6. The van der Waals surface area contributed by atoms with Gasteiger partial charge in [0, 0.05) is 18.2 Å². The summed E-state index contributed by atoms with van der Waals surface area (Å²) in [6.07, 6.45) is 8.67. The molecule has 6 heteroatoms. The minimum atomic E-state index is -0.369. The molecule has 3 aliphatic rings. The number of amides is 2. The van der Waals surface area contributed by atoms with Crippen molar-refractivity contribution in [2.75, 3.05) is 18.6 Å².